The molecule has 1 aromatic heterocycles. The molecule has 3 fully saturated rings. The SMILES string of the molecule is COc1ccc(Cn2c(=O)ccn([C@@H]3O[C@H](COP(=O)(O)OC4O[C@H](COC(C)=O)[C@@H](OC(C)=O)[C@H](OC(C)=O)[C@H]4OC(C)=O)[C@H]4OC(C)(C)O[C@H]43)c2=O)cc1. The van der Waals surface area contributed by atoms with Crippen LogP contribution in [0.1, 0.15) is 53.3 Å². The van der Waals surface area contributed by atoms with E-state index in [1.807, 2.05) is 0 Å². The van der Waals surface area contributed by atoms with E-state index in [0.717, 1.165) is 36.8 Å². The Morgan fingerprint density at radius 1 is 0.804 bits per heavy atom. The van der Waals surface area contributed by atoms with Gasteiger partial charge in [0.15, 0.2) is 30.3 Å². The van der Waals surface area contributed by atoms with Gasteiger partial charge >= 0.3 is 37.4 Å². The van der Waals surface area contributed by atoms with Crippen LogP contribution in [0.2, 0.25) is 0 Å². The smallest absolute Gasteiger partial charge is 0.474 e. The van der Waals surface area contributed by atoms with Crippen LogP contribution < -0.4 is 16.0 Å². The van der Waals surface area contributed by atoms with Crippen LogP contribution in [0.4, 0.5) is 0 Å². The average Bonchev–Trinajstić information content (AvgIpc) is 3.59. The third-order valence-corrected chi connectivity index (χ3v) is 9.53. The van der Waals surface area contributed by atoms with E-state index >= 15 is 0 Å². The topological polar surface area (TPSA) is 251 Å². The van der Waals surface area contributed by atoms with Gasteiger partial charge in [-0.15, -0.1) is 0 Å². The number of aromatic nitrogens is 2. The molecular weight excluding hydrogens is 771 g/mol. The molecule has 2 unspecified atom stereocenters. The van der Waals surface area contributed by atoms with Gasteiger partial charge in [0.1, 0.15) is 36.8 Å². The summed E-state index contributed by atoms with van der Waals surface area (Å²) in [6.45, 7) is 5.90. The quantitative estimate of drug-likeness (QED) is 0.157. The Bertz CT molecular complexity index is 1950. The maximum atomic E-state index is 13.7. The molecule has 3 saturated heterocycles. The molecule has 21 nitrogen and oxygen atoms in total. The lowest BCUT2D eigenvalue weighted by Crippen LogP contribution is -2.62. The minimum atomic E-state index is -5.27. The Hall–Kier alpha value is -4.47. The number of benzene rings is 1. The number of methoxy groups -OCH3 is 1. The number of ether oxygens (including phenoxy) is 9. The second-order valence-corrected chi connectivity index (χ2v) is 14.8. The number of hydrogen-bond acceptors (Lipinski definition) is 18. The van der Waals surface area contributed by atoms with Gasteiger partial charge in [0, 0.05) is 40.0 Å². The van der Waals surface area contributed by atoms with Crippen molar-refractivity contribution in [3.05, 3.63) is 62.9 Å². The summed E-state index contributed by atoms with van der Waals surface area (Å²) >= 11 is 0. The summed E-state index contributed by atoms with van der Waals surface area (Å²) in [5.41, 5.74) is -0.691. The summed E-state index contributed by atoms with van der Waals surface area (Å²) in [7, 11) is -3.76. The van der Waals surface area contributed by atoms with Gasteiger partial charge in [-0.25, -0.2) is 9.36 Å². The zero-order valence-corrected chi connectivity index (χ0v) is 32.3. The zero-order chi connectivity index (χ0) is 41.1. The molecule has 2 aromatic rings. The lowest BCUT2D eigenvalue weighted by Gasteiger charge is -2.44. The molecule has 0 saturated carbocycles. The largest absolute Gasteiger partial charge is 0.497 e. The highest BCUT2D eigenvalue weighted by Gasteiger charge is 2.58. The number of rotatable bonds is 14. The van der Waals surface area contributed by atoms with Crippen LogP contribution in [-0.2, 0) is 77.2 Å². The summed E-state index contributed by atoms with van der Waals surface area (Å²) in [5, 5.41) is 0. The van der Waals surface area contributed by atoms with Crippen molar-refractivity contribution < 1.29 is 80.3 Å². The van der Waals surface area contributed by atoms with Gasteiger partial charge in [-0.1, -0.05) is 12.1 Å². The van der Waals surface area contributed by atoms with Crippen LogP contribution >= 0.6 is 7.82 Å². The number of phosphoric ester groups is 1. The minimum Gasteiger partial charge on any atom is -0.497 e. The fourth-order valence-electron chi connectivity index (χ4n) is 6.40. The van der Waals surface area contributed by atoms with Crippen molar-refractivity contribution in [2.24, 2.45) is 0 Å². The number of phosphoric acid groups is 1. The van der Waals surface area contributed by atoms with E-state index in [4.69, 9.17) is 51.7 Å². The maximum Gasteiger partial charge on any atom is 0.474 e. The van der Waals surface area contributed by atoms with E-state index < -0.39 is 117 Å². The number of fused-ring (bicyclic) bond motifs is 1. The van der Waals surface area contributed by atoms with Crippen LogP contribution in [0.5, 0.6) is 5.75 Å². The van der Waals surface area contributed by atoms with Gasteiger partial charge in [0.05, 0.1) is 20.3 Å². The van der Waals surface area contributed by atoms with Gasteiger partial charge in [-0.3, -0.25) is 42.2 Å². The molecule has 3 aliphatic rings. The summed E-state index contributed by atoms with van der Waals surface area (Å²) in [5.74, 6) is -4.18. The molecule has 0 spiro atoms. The predicted octanol–water partition coefficient (Wildman–Crippen LogP) is 0.701. The fourth-order valence-corrected chi connectivity index (χ4v) is 7.23. The first-order valence-electron chi connectivity index (χ1n) is 17.2. The van der Waals surface area contributed by atoms with Gasteiger partial charge in [0.2, 0.25) is 6.29 Å². The summed E-state index contributed by atoms with van der Waals surface area (Å²) in [4.78, 5) is 85.5. The van der Waals surface area contributed by atoms with E-state index in [2.05, 4.69) is 0 Å². The number of carbonyl (C=O) groups is 4. The molecule has 0 aliphatic carbocycles. The molecule has 3 aliphatic heterocycles. The molecule has 1 aromatic carbocycles. The van der Waals surface area contributed by atoms with Gasteiger partial charge in [-0.05, 0) is 31.5 Å². The predicted molar refractivity (Wildman–Crippen MR) is 184 cm³/mol. The number of nitrogens with zero attached hydrogens (tertiary/aromatic N) is 2. The highest BCUT2D eigenvalue weighted by atomic mass is 31.2. The number of carbonyl (C=O) groups excluding carboxylic acids is 4. The number of esters is 4. The highest BCUT2D eigenvalue weighted by molar-refractivity contribution is 7.47. The third kappa shape index (κ3) is 10.3. The van der Waals surface area contributed by atoms with Crippen LogP contribution in [0, 0.1) is 0 Å². The zero-order valence-electron chi connectivity index (χ0n) is 31.4. The molecule has 1 N–H and O–H groups in total. The van der Waals surface area contributed by atoms with E-state index in [1.54, 1.807) is 38.1 Å². The van der Waals surface area contributed by atoms with Crippen molar-refractivity contribution in [3.63, 3.8) is 0 Å². The first-order chi connectivity index (χ1) is 26.3. The summed E-state index contributed by atoms with van der Waals surface area (Å²) in [6, 6.07) is 7.94. The molecule has 0 bridgehead atoms. The van der Waals surface area contributed by atoms with Crippen molar-refractivity contribution in [2.75, 3.05) is 20.3 Å². The van der Waals surface area contributed by atoms with Crippen molar-refractivity contribution >= 4 is 31.7 Å². The Kier molecular flexibility index (Phi) is 13.2. The first kappa shape index (κ1) is 42.7. The monoisotopic (exact) mass is 814 g/mol. The number of hydrogen-bond donors (Lipinski definition) is 1. The molecule has 0 radical (unpaired) electrons. The lowest BCUT2D eigenvalue weighted by atomic mass is 9.98. The Balaban J connectivity index is 1.38. The molecule has 22 heteroatoms. The minimum absolute atomic E-state index is 0.0804. The first-order valence-corrected chi connectivity index (χ1v) is 18.7. The molecule has 0 amide bonds. The Morgan fingerprint density at radius 3 is 2.02 bits per heavy atom. The molecule has 56 heavy (non-hydrogen) atoms. The fraction of sp³-hybridized carbons (Fsp3) is 0.588. The normalized spacial score (nSPS) is 29.0. The van der Waals surface area contributed by atoms with Crippen LogP contribution in [0.15, 0.2) is 46.1 Å². The molecule has 308 valence electrons. The van der Waals surface area contributed by atoms with E-state index in [9.17, 15) is 38.2 Å². The molecule has 10 atom stereocenters. The summed E-state index contributed by atoms with van der Waals surface area (Å²) in [6.07, 6.45) is -11.6. The lowest BCUT2D eigenvalue weighted by molar-refractivity contribution is -0.291. The maximum absolute atomic E-state index is 13.7. The van der Waals surface area contributed by atoms with Crippen LogP contribution in [-0.4, -0.2) is 113 Å². The van der Waals surface area contributed by atoms with E-state index in [0.29, 0.717) is 11.3 Å². The Labute approximate surface area is 319 Å². The van der Waals surface area contributed by atoms with Crippen LogP contribution in [0.3, 0.4) is 0 Å². The van der Waals surface area contributed by atoms with Crippen molar-refractivity contribution in [2.45, 2.75) is 109 Å². The van der Waals surface area contributed by atoms with Crippen molar-refractivity contribution in [3.8, 4) is 5.75 Å². The molecular formula is C34H43N2O19P. The van der Waals surface area contributed by atoms with Gasteiger partial charge in [-0.2, -0.15) is 0 Å². The second kappa shape index (κ2) is 17.3. The van der Waals surface area contributed by atoms with Gasteiger partial charge in [0.25, 0.3) is 5.56 Å². The van der Waals surface area contributed by atoms with E-state index in [-0.39, 0.29) is 6.54 Å². The molecule has 5 rings (SSSR count). The average molecular weight is 815 g/mol. The third-order valence-electron chi connectivity index (χ3n) is 8.58. The van der Waals surface area contributed by atoms with Crippen molar-refractivity contribution in [1.29, 1.82) is 0 Å². The van der Waals surface area contributed by atoms with Crippen molar-refractivity contribution in [1.82, 2.24) is 9.13 Å². The standard InChI is InChI=1S/C34H43N2O19P/c1-17(37)46-15-23-26(48-18(2)38)28(49-19(3)39)30(50-20(4)40)32(52-23)55-56(43,44)47-16-24-27-29(54-34(5,6)53-27)31(51-24)35-13-12-25(41)36(33(35)42)14-21-8-10-22(45-7)11-9-21/h8-13,23-24,26-32H,14-16H2,1-7H3,(H,43,44)/t23-,24-,26-,27-,28+,29-,30-,31-,32?/m1/s1. The van der Waals surface area contributed by atoms with E-state index in [1.165, 1.54) is 19.4 Å². The van der Waals surface area contributed by atoms with Crippen LogP contribution in [0.25, 0.3) is 0 Å². The van der Waals surface area contributed by atoms with Gasteiger partial charge < -0.3 is 47.5 Å². The highest BCUT2D eigenvalue weighted by Crippen LogP contribution is 2.49. The molecule has 4 heterocycles. The summed E-state index contributed by atoms with van der Waals surface area (Å²) < 4.78 is 76.3. The second-order valence-electron chi connectivity index (χ2n) is 13.3. The Morgan fingerprint density at radius 2 is 1.41 bits per heavy atom.